The quantitative estimate of drug-likeness (QED) is 0.559. The van der Waals surface area contributed by atoms with E-state index in [0.717, 1.165) is 29.9 Å². The van der Waals surface area contributed by atoms with Crippen molar-refractivity contribution in [3.8, 4) is 23.3 Å². The molecule has 29 heavy (non-hydrogen) atoms. The molecule has 13 heteroatoms. The van der Waals surface area contributed by atoms with Crippen LogP contribution in [0.1, 0.15) is 11.4 Å². The molecule has 0 unspecified atom stereocenters. The van der Waals surface area contributed by atoms with Crippen LogP contribution in [0.4, 0.5) is 30.7 Å². The van der Waals surface area contributed by atoms with Gasteiger partial charge in [0, 0.05) is 44.4 Å². The summed E-state index contributed by atoms with van der Waals surface area (Å²) in [4.78, 5) is 0. The molecule has 0 aliphatic heterocycles. The molecule has 0 atom stereocenters. The highest BCUT2D eigenvalue weighted by atomic mass is 19.4. The van der Waals surface area contributed by atoms with Crippen LogP contribution in [0.3, 0.4) is 0 Å². The van der Waals surface area contributed by atoms with Crippen LogP contribution in [0.5, 0.6) is 23.3 Å². The van der Waals surface area contributed by atoms with Gasteiger partial charge in [0.2, 0.25) is 11.8 Å². The summed E-state index contributed by atoms with van der Waals surface area (Å²) in [6, 6.07) is 4.00. The number of hydrogen-bond donors (Lipinski definition) is 0. The van der Waals surface area contributed by atoms with Gasteiger partial charge >= 0.3 is 12.4 Å². The molecule has 0 aliphatic carbocycles. The molecular formula is C16H11F7N4O2. The van der Waals surface area contributed by atoms with E-state index in [1.165, 1.54) is 7.05 Å². The van der Waals surface area contributed by atoms with Crippen molar-refractivity contribution in [1.29, 1.82) is 0 Å². The molecule has 3 rings (SSSR count). The highest BCUT2D eigenvalue weighted by Crippen LogP contribution is 2.35. The molecule has 2 heterocycles. The number of halogens is 7. The first-order chi connectivity index (χ1) is 13.3. The van der Waals surface area contributed by atoms with E-state index in [1.54, 1.807) is 0 Å². The van der Waals surface area contributed by atoms with Crippen molar-refractivity contribution < 1.29 is 40.2 Å². The van der Waals surface area contributed by atoms with Gasteiger partial charge in [-0.25, -0.2) is 9.07 Å². The van der Waals surface area contributed by atoms with Gasteiger partial charge in [0.1, 0.15) is 23.0 Å². The molecule has 0 aliphatic rings. The van der Waals surface area contributed by atoms with E-state index in [4.69, 9.17) is 9.47 Å². The molecule has 0 saturated carbocycles. The lowest BCUT2D eigenvalue weighted by Crippen LogP contribution is -2.11. The molecule has 0 spiro atoms. The minimum absolute atomic E-state index is 0.260. The molecule has 0 radical (unpaired) electrons. The van der Waals surface area contributed by atoms with Gasteiger partial charge in [0.25, 0.3) is 0 Å². The highest BCUT2D eigenvalue weighted by Gasteiger charge is 2.36. The predicted octanol–water partition coefficient (Wildman–Crippen LogP) is 4.91. The number of benzene rings is 1. The summed E-state index contributed by atoms with van der Waals surface area (Å²) in [6.07, 6.45) is -9.37. The van der Waals surface area contributed by atoms with E-state index in [-0.39, 0.29) is 17.4 Å². The van der Waals surface area contributed by atoms with Crippen LogP contribution in [-0.2, 0) is 26.4 Å². The second-order valence-corrected chi connectivity index (χ2v) is 5.81. The lowest BCUT2D eigenvalue weighted by Gasteiger charge is -2.08. The summed E-state index contributed by atoms with van der Waals surface area (Å²) in [5, 5.41) is 6.78. The van der Waals surface area contributed by atoms with Gasteiger partial charge in [-0.2, -0.15) is 31.4 Å². The van der Waals surface area contributed by atoms with Crippen LogP contribution >= 0.6 is 0 Å². The zero-order valence-corrected chi connectivity index (χ0v) is 14.6. The van der Waals surface area contributed by atoms with Crippen LogP contribution in [-0.4, -0.2) is 19.6 Å². The summed E-state index contributed by atoms with van der Waals surface area (Å²) in [5.74, 6) is -2.24. The van der Waals surface area contributed by atoms with E-state index < -0.39 is 35.4 Å². The predicted molar refractivity (Wildman–Crippen MR) is 83.0 cm³/mol. The molecule has 0 saturated heterocycles. The summed E-state index contributed by atoms with van der Waals surface area (Å²) in [5.41, 5.74) is -2.30. The van der Waals surface area contributed by atoms with E-state index in [2.05, 4.69) is 10.2 Å². The Kier molecular flexibility index (Phi) is 4.92. The molecular weight excluding hydrogens is 413 g/mol. The topological polar surface area (TPSA) is 54.1 Å². The van der Waals surface area contributed by atoms with Crippen LogP contribution in [0, 0.1) is 5.82 Å². The minimum Gasteiger partial charge on any atom is -0.439 e. The second-order valence-electron chi connectivity index (χ2n) is 5.81. The highest BCUT2D eigenvalue weighted by molar-refractivity contribution is 5.38. The van der Waals surface area contributed by atoms with Gasteiger partial charge in [-0.3, -0.25) is 4.68 Å². The third kappa shape index (κ3) is 4.60. The Balaban J connectivity index is 1.85. The van der Waals surface area contributed by atoms with Crippen molar-refractivity contribution in [3.63, 3.8) is 0 Å². The maximum Gasteiger partial charge on any atom is 0.435 e. The zero-order valence-electron chi connectivity index (χ0n) is 14.6. The lowest BCUT2D eigenvalue weighted by atomic mass is 10.3. The SMILES string of the molecule is Cn1nc(C(F)(F)F)cc1Oc1cc(F)cc(Oc2cc(C(F)(F)F)n(C)n2)c1. The van der Waals surface area contributed by atoms with Crippen LogP contribution < -0.4 is 9.47 Å². The molecule has 0 bridgehead atoms. The number of rotatable bonds is 4. The number of ether oxygens (including phenoxy) is 2. The van der Waals surface area contributed by atoms with Gasteiger partial charge in [-0.15, -0.1) is 5.10 Å². The van der Waals surface area contributed by atoms with Crippen molar-refractivity contribution in [3.05, 3.63) is 47.5 Å². The molecule has 0 N–H and O–H groups in total. The zero-order chi connectivity index (χ0) is 21.6. The first kappa shape index (κ1) is 20.5. The first-order valence-corrected chi connectivity index (χ1v) is 7.71. The smallest absolute Gasteiger partial charge is 0.435 e. The summed E-state index contributed by atoms with van der Waals surface area (Å²) >= 11 is 0. The Labute approximate surface area is 158 Å². The monoisotopic (exact) mass is 424 g/mol. The van der Waals surface area contributed by atoms with Gasteiger partial charge in [0.15, 0.2) is 5.69 Å². The third-order valence-electron chi connectivity index (χ3n) is 3.56. The number of aryl methyl sites for hydroxylation is 2. The molecule has 2 aromatic heterocycles. The fourth-order valence-electron chi connectivity index (χ4n) is 2.34. The fraction of sp³-hybridized carbons (Fsp3) is 0.250. The van der Waals surface area contributed by atoms with Crippen LogP contribution in [0.25, 0.3) is 0 Å². The van der Waals surface area contributed by atoms with Crippen molar-refractivity contribution in [2.24, 2.45) is 14.1 Å². The van der Waals surface area contributed by atoms with Crippen molar-refractivity contribution in [2.45, 2.75) is 12.4 Å². The summed E-state index contributed by atoms with van der Waals surface area (Å²) in [6.45, 7) is 0. The van der Waals surface area contributed by atoms with Gasteiger partial charge in [-0.05, 0) is 0 Å². The average molecular weight is 424 g/mol. The summed E-state index contributed by atoms with van der Waals surface area (Å²) in [7, 11) is 2.24. The Hall–Kier alpha value is -3.25. The molecule has 1 aromatic carbocycles. The van der Waals surface area contributed by atoms with E-state index in [0.29, 0.717) is 16.8 Å². The van der Waals surface area contributed by atoms with E-state index >= 15 is 0 Å². The standard InChI is InChI=1S/C16H11F7N4O2/c1-26-12(16(21,22)23)7-13(25-26)28-9-3-8(17)4-10(5-9)29-14-6-11(15(18,19)20)24-27(14)2/h3-7H,1-2H3. The van der Waals surface area contributed by atoms with E-state index in [1.807, 2.05) is 0 Å². The number of hydrogen-bond acceptors (Lipinski definition) is 4. The Bertz CT molecular complexity index is 1040. The number of nitrogens with zero attached hydrogens (tertiary/aromatic N) is 4. The maximum absolute atomic E-state index is 13.8. The van der Waals surface area contributed by atoms with Gasteiger partial charge in [-0.1, -0.05) is 0 Å². The Morgan fingerprint density at radius 2 is 1.38 bits per heavy atom. The van der Waals surface area contributed by atoms with Crippen LogP contribution in [0.15, 0.2) is 30.3 Å². The van der Waals surface area contributed by atoms with Gasteiger partial charge < -0.3 is 9.47 Å². The van der Waals surface area contributed by atoms with Gasteiger partial charge in [0.05, 0.1) is 0 Å². The van der Waals surface area contributed by atoms with Crippen molar-refractivity contribution in [1.82, 2.24) is 19.6 Å². The lowest BCUT2D eigenvalue weighted by molar-refractivity contribution is -0.143. The Morgan fingerprint density at radius 1 is 0.759 bits per heavy atom. The Morgan fingerprint density at radius 3 is 1.90 bits per heavy atom. The fourth-order valence-corrected chi connectivity index (χ4v) is 2.34. The average Bonchev–Trinajstić information content (AvgIpc) is 3.09. The maximum atomic E-state index is 13.8. The third-order valence-corrected chi connectivity index (χ3v) is 3.56. The molecule has 0 fully saturated rings. The van der Waals surface area contributed by atoms with Crippen molar-refractivity contribution >= 4 is 0 Å². The molecule has 3 aromatic rings. The normalized spacial score (nSPS) is 12.3. The van der Waals surface area contributed by atoms with Crippen molar-refractivity contribution in [2.75, 3.05) is 0 Å². The first-order valence-electron chi connectivity index (χ1n) is 7.71. The largest absolute Gasteiger partial charge is 0.439 e. The number of alkyl halides is 6. The number of aromatic nitrogens is 4. The van der Waals surface area contributed by atoms with Crippen LogP contribution in [0.2, 0.25) is 0 Å². The molecule has 6 nitrogen and oxygen atoms in total. The molecule has 0 amide bonds. The second kappa shape index (κ2) is 6.97. The summed E-state index contributed by atoms with van der Waals surface area (Å²) < 4.78 is 102. The minimum atomic E-state index is -4.70. The molecule has 156 valence electrons. The van der Waals surface area contributed by atoms with E-state index in [9.17, 15) is 30.7 Å².